The van der Waals surface area contributed by atoms with Crippen molar-refractivity contribution in [2.24, 2.45) is 0 Å². The Kier molecular flexibility index (Phi) is 8.10. The molecule has 4 rings (SSSR count). The summed E-state index contributed by atoms with van der Waals surface area (Å²) in [7, 11) is -3.37. The Morgan fingerprint density at radius 3 is 2.22 bits per heavy atom. The van der Waals surface area contributed by atoms with Gasteiger partial charge >= 0.3 is 0 Å². The number of benzene rings is 2. The number of fused-ring (bicyclic) bond motifs is 1. The third kappa shape index (κ3) is 5.53. The summed E-state index contributed by atoms with van der Waals surface area (Å²) < 4.78 is 25.0. The SMILES string of the molecule is CC.CCC(C)(O)c1ccc(-c2cccc(-c3cc(C(C)(C)S(C)(=O)=O)cc4cccnc34)c2)c[n+]1O. The van der Waals surface area contributed by atoms with Gasteiger partial charge in [0.05, 0.1) is 15.8 Å². The van der Waals surface area contributed by atoms with Gasteiger partial charge in [0.1, 0.15) is 0 Å². The number of hydrogen-bond acceptors (Lipinski definition) is 5. The van der Waals surface area contributed by atoms with Gasteiger partial charge in [0, 0.05) is 34.2 Å². The summed E-state index contributed by atoms with van der Waals surface area (Å²) in [6.45, 7) is 11.0. The molecule has 2 N–H and O–H groups in total. The molecule has 0 aliphatic heterocycles. The van der Waals surface area contributed by atoms with Gasteiger partial charge in [-0.3, -0.25) is 10.2 Å². The van der Waals surface area contributed by atoms with Crippen LogP contribution in [0.2, 0.25) is 0 Å². The van der Waals surface area contributed by atoms with E-state index in [2.05, 4.69) is 4.98 Å². The summed E-state index contributed by atoms with van der Waals surface area (Å²) in [5.74, 6) is 0. The van der Waals surface area contributed by atoms with Crippen molar-refractivity contribution in [3.63, 3.8) is 0 Å². The predicted molar refractivity (Wildman–Crippen MR) is 149 cm³/mol. The van der Waals surface area contributed by atoms with Crippen LogP contribution in [-0.2, 0) is 20.2 Å². The number of aromatic nitrogens is 2. The lowest BCUT2D eigenvalue weighted by molar-refractivity contribution is -0.912. The maximum Gasteiger partial charge on any atom is 0.265 e. The van der Waals surface area contributed by atoms with Gasteiger partial charge in [0.2, 0.25) is 6.20 Å². The van der Waals surface area contributed by atoms with E-state index in [-0.39, 0.29) is 0 Å². The van der Waals surface area contributed by atoms with E-state index in [4.69, 9.17) is 0 Å². The van der Waals surface area contributed by atoms with Crippen molar-refractivity contribution in [2.75, 3.05) is 6.26 Å². The van der Waals surface area contributed by atoms with Gasteiger partial charge in [-0.05, 0) is 74.2 Å². The summed E-state index contributed by atoms with van der Waals surface area (Å²) in [6, 6.07) is 19.0. The lowest BCUT2D eigenvalue weighted by atomic mass is 9.92. The summed E-state index contributed by atoms with van der Waals surface area (Å²) in [4.78, 5) is 4.59. The van der Waals surface area contributed by atoms with Crippen molar-refractivity contribution in [1.29, 1.82) is 0 Å². The van der Waals surface area contributed by atoms with Crippen molar-refractivity contribution in [3.05, 3.63) is 84.3 Å². The fourth-order valence-electron chi connectivity index (χ4n) is 4.11. The Balaban J connectivity index is 0.00000186. The Bertz CT molecular complexity index is 1530. The van der Waals surface area contributed by atoms with E-state index in [9.17, 15) is 18.7 Å². The molecule has 196 valence electrons. The first-order chi connectivity index (χ1) is 17.3. The van der Waals surface area contributed by atoms with Crippen molar-refractivity contribution in [1.82, 2.24) is 4.98 Å². The van der Waals surface area contributed by atoms with Gasteiger partial charge < -0.3 is 5.11 Å². The zero-order chi connectivity index (χ0) is 27.6. The Morgan fingerprint density at radius 2 is 1.59 bits per heavy atom. The van der Waals surface area contributed by atoms with E-state index >= 15 is 0 Å². The van der Waals surface area contributed by atoms with Crippen molar-refractivity contribution in [2.45, 2.75) is 58.3 Å². The van der Waals surface area contributed by atoms with Gasteiger partial charge in [-0.15, -0.1) is 0 Å². The fourth-order valence-corrected chi connectivity index (χ4v) is 4.65. The molecule has 6 nitrogen and oxygen atoms in total. The van der Waals surface area contributed by atoms with Gasteiger partial charge in [0.25, 0.3) is 5.69 Å². The van der Waals surface area contributed by atoms with E-state index in [0.29, 0.717) is 17.7 Å². The van der Waals surface area contributed by atoms with Gasteiger partial charge in [-0.25, -0.2) is 8.42 Å². The van der Waals surface area contributed by atoms with Crippen LogP contribution in [0.25, 0.3) is 33.2 Å². The van der Waals surface area contributed by atoms with Crippen LogP contribution in [0.1, 0.15) is 59.2 Å². The van der Waals surface area contributed by atoms with Crippen LogP contribution in [0.4, 0.5) is 0 Å². The Labute approximate surface area is 220 Å². The number of aliphatic hydroxyl groups is 1. The second-order valence-corrected chi connectivity index (χ2v) is 12.3. The predicted octanol–water partition coefficient (Wildman–Crippen LogP) is 6.02. The summed E-state index contributed by atoms with van der Waals surface area (Å²) >= 11 is 0. The van der Waals surface area contributed by atoms with E-state index in [1.807, 2.05) is 75.4 Å². The smallest absolute Gasteiger partial charge is 0.265 e. The molecule has 37 heavy (non-hydrogen) atoms. The highest BCUT2D eigenvalue weighted by atomic mass is 32.2. The van der Waals surface area contributed by atoms with Gasteiger partial charge in [-0.1, -0.05) is 45.0 Å². The van der Waals surface area contributed by atoms with Crippen LogP contribution in [-0.4, -0.2) is 30.0 Å². The molecule has 0 saturated heterocycles. The van der Waals surface area contributed by atoms with E-state index in [0.717, 1.165) is 37.9 Å². The highest BCUT2D eigenvalue weighted by Crippen LogP contribution is 2.37. The molecule has 0 radical (unpaired) electrons. The number of rotatable bonds is 6. The first-order valence-corrected chi connectivity index (χ1v) is 14.4. The first kappa shape index (κ1) is 28.3. The molecule has 4 aromatic rings. The summed E-state index contributed by atoms with van der Waals surface area (Å²) in [5.41, 5.74) is 4.09. The highest BCUT2D eigenvalue weighted by molar-refractivity contribution is 7.91. The molecular formula is C30H37N2O4S+. The number of nitrogens with zero attached hydrogens (tertiary/aromatic N) is 2. The average molecular weight is 522 g/mol. The van der Waals surface area contributed by atoms with Crippen LogP contribution in [0.5, 0.6) is 0 Å². The maximum absolute atomic E-state index is 12.6. The molecule has 0 saturated carbocycles. The summed E-state index contributed by atoms with van der Waals surface area (Å²) in [5, 5.41) is 21.9. The number of hydrogen-bond donors (Lipinski definition) is 2. The highest BCUT2D eigenvalue weighted by Gasteiger charge is 2.34. The minimum atomic E-state index is -3.37. The van der Waals surface area contributed by atoms with E-state index in [1.165, 1.54) is 6.26 Å². The summed E-state index contributed by atoms with van der Waals surface area (Å²) in [6.07, 6.45) is 5.02. The number of pyridine rings is 2. The molecule has 2 aromatic carbocycles. The van der Waals surface area contributed by atoms with E-state index < -0.39 is 20.2 Å². The maximum atomic E-state index is 12.6. The minimum absolute atomic E-state index is 0.408. The molecule has 0 fully saturated rings. The third-order valence-electron chi connectivity index (χ3n) is 7.00. The van der Waals surface area contributed by atoms with Gasteiger partial charge in [0.15, 0.2) is 15.4 Å². The molecule has 7 heteroatoms. The molecule has 0 spiro atoms. The number of sulfone groups is 1. The normalized spacial score (nSPS) is 13.5. The largest absolute Gasteiger partial charge is 0.379 e. The van der Waals surface area contributed by atoms with Crippen LogP contribution in [0.15, 0.2) is 73.1 Å². The third-order valence-corrected chi connectivity index (χ3v) is 9.09. The standard InChI is InChI=1S/C28H31N2O4S.C2H6/c1-6-28(4,31)25-13-12-22(18-30(25)32)19-9-7-10-20(15-19)24-17-23(27(2,3)35(5,33)34)16-21-11-8-14-29-26(21)24;1-2/h7-18,31-32H,6H2,1-5H3;1-2H3/q+1;. The fraction of sp³-hybridized carbons (Fsp3) is 0.333. The second kappa shape index (κ2) is 10.6. The Hall–Kier alpha value is -3.29. The molecule has 0 aliphatic rings. The molecule has 0 aliphatic carbocycles. The van der Waals surface area contributed by atoms with Crippen LogP contribution in [0, 0.1) is 0 Å². The zero-order valence-electron chi connectivity index (χ0n) is 22.6. The second-order valence-electron chi connectivity index (χ2n) is 9.74. The van der Waals surface area contributed by atoms with Gasteiger partial charge in [-0.2, -0.15) is 0 Å². The van der Waals surface area contributed by atoms with Crippen molar-refractivity contribution in [3.8, 4) is 22.3 Å². The van der Waals surface area contributed by atoms with Crippen molar-refractivity contribution >= 4 is 20.7 Å². The molecule has 1 atom stereocenters. The van der Waals surface area contributed by atoms with Crippen LogP contribution < -0.4 is 4.73 Å². The first-order valence-electron chi connectivity index (χ1n) is 12.5. The quantitative estimate of drug-likeness (QED) is 0.239. The van der Waals surface area contributed by atoms with Crippen molar-refractivity contribution < 1.29 is 23.5 Å². The molecule has 0 amide bonds. The molecule has 2 heterocycles. The zero-order valence-corrected chi connectivity index (χ0v) is 23.5. The lowest BCUT2D eigenvalue weighted by Crippen LogP contribution is -2.42. The molecule has 1 unspecified atom stereocenters. The van der Waals surface area contributed by atoms with Crippen LogP contribution in [0.3, 0.4) is 0 Å². The Morgan fingerprint density at radius 1 is 0.919 bits per heavy atom. The topological polar surface area (TPSA) is 91.4 Å². The molecule has 2 aromatic heterocycles. The lowest BCUT2D eigenvalue weighted by Gasteiger charge is -2.24. The molecular weight excluding hydrogens is 484 g/mol. The minimum Gasteiger partial charge on any atom is -0.379 e. The molecule has 0 bridgehead atoms. The van der Waals surface area contributed by atoms with Crippen LogP contribution >= 0.6 is 0 Å². The monoisotopic (exact) mass is 521 g/mol. The van der Waals surface area contributed by atoms with E-state index in [1.54, 1.807) is 39.2 Å². The average Bonchev–Trinajstić information content (AvgIpc) is 2.88.